The molecule has 0 aliphatic carbocycles. The van der Waals surface area contributed by atoms with E-state index < -0.39 is 213 Å². The molecule has 0 heterocycles. The highest BCUT2D eigenvalue weighted by Gasteiger charge is 2.47. The zero-order valence-corrected chi connectivity index (χ0v) is 41.1. The first kappa shape index (κ1) is 62.8. The number of nitrogen functional groups attached to an aromatic ring is 2. The van der Waals surface area contributed by atoms with Crippen LogP contribution in [0.25, 0.3) is 66.8 Å². The predicted molar refractivity (Wildman–Crippen MR) is 247 cm³/mol. The van der Waals surface area contributed by atoms with Crippen molar-refractivity contribution >= 4 is 11.4 Å². The summed E-state index contributed by atoms with van der Waals surface area (Å²) in [7, 11) is 0. The van der Waals surface area contributed by atoms with Gasteiger partial charge >= 0.3 is 55.6 Å². The van der Waals surface area contributed by atoms with E-state index in [1.807, 2.05) is 0 Å². The first-order valence-corrected chi connectivity index (χ1v) is 22.7. The Morgan fingerprint density at radius 3 is 0.687 bits per heavy atom. The summed E-state index contributed by atoms with van der Waals surface area (Å²) in [5.41, 5.74) is -32.0. The number of anilines is 2. The van der Waals surface area contributed by atoms with Gasteiger partial charge in [0.25, 0.3) is 0 Å². The van der Waals surface area contributed by atoms with E-state index in [2.05, 4.69) is 0 Å². The first-order valence-electron chi connectivity index (χ1n) is 22.7. The molecule has 0 bridgehead atoms. The molecule has 7 rings (SSSR count). The molecular weight excluding hydrogens is 1190 g/mol. The van der Waals surface area contributed by atoms with Crippen LogP contribution in [0, 0.1) is 20.8 Å². The number of benzene rings is 7. The molecule has 0 saturated carbocycles. The summed E-state index contributed by atoms with van der Waals surface area (Å²) in [5, 5.41) is 0. The maximum absolute atomic E-state index is 15.3. The Bertz CT molecular complexity index is 3710. The maximum Gasteiger partial charge on any atom is 0.417 e. The smallest absolute Gasteiger partial charge is 0.399 e. The van der Waals surface area contributed by atoms with Crippen LogP contribution in [0.15, 0.2) is 97.1 Å². The molecule has 0 atom stereocenters. The van der Waals surface area contributed by atoms with E-state index in [-0.39, 0.29) is 66.7 Å². The Morgan fingerprint density at radius 1 is 0.205 bits per heavy atom. The number of alkyl halides is 27. The standard InChI is InChI=1S/C54H29F27N2/c1-20-4-40(49(64,65)66)35(13-29(20)23-7-25(46(55,56)57)11-27(82)9-23)37-17-34(43(52(73,74)75)19-44(37)53(76,77)78)31-15-36(41(6-22(31)3)50(67,68)69)38-16-33(42(51(70,71)72)18-45(38)54(79,80)81)30-14-32(39(5-21(30)2)48(61,62)63)24-8-26(47(58,59)60)12-28(83)10-24/h4-19H,82-83H2,1-3H3. The van der Waals surface area contributed by atoms with Gasteiger partial charge in [-0.1, -0.05) is 0 Å². The number of nitrogens with two attached hydrogens (primary N) is 2. The minimum atomic E-state index is -6.28. The van der Waals surface area contributed by atoms with Gasteiger partial charge in [0.2, 0.25) is 0 Å². The fourth-order valence-corrected chi connectivity index (χ4v) is 9.37. The van der Waals surface area contributed by atoms with Gasteiger partial charge in [-0.2, -0.15) is 119 Å². The van der Waals surface area contributed by atoms with E-state index in [9.17, 15) is 52.7 Å². The Balaban J connectivity index is 1.66. The summed E-state index contributed by atoms with van der Waals surface area (Å²) in [6, 6.07) is -0.572. The average Bonchev–Trinajstić information content (AvgIpc) is 2.50. The van der Waals surface area contributed by atoms with Crippen molar-refractivity contribution in [2.45, 2.75) is 76.4 Å². The molecule has 4 N–H and O–H groups in total. The molecular formula is C54H29F27N2. The van der Waals surface area contributed by atoms with Crippen LogP contribution in [0.3, 0.4) is 0 Å². The van der Waals surface area contributed by atoms with E-state index in [4.69, 9.17) is 11.5 Å². The highest BCUT2D eigenvalue weighted by Crippen LogP contribution is 2.55. The quantitative estimate of drug-likeness (QED) is 0.129. The van der Waals surface area contributed by atoms with E-state index in [1.54, 1.807) is 0 Å². The van der Waals surface area contributed by atoms with Gasteiger partial charge in [-0.15, -0.1) is 0 Å². The minimum Gasteiger partial charge on any atom is -0.399 e. The van der Waals surface area contributed by atoms with Gasteiger partial charge in [0, 0.05) is 11.4 Å². The number of rotatable bonds is 6. The summed E-state index contributed by atoms with van der Waals surface area (Å²) in [6.45, 7) is 1.85. The van der Waals surface area contributed by atoms with Gasteiger partial charge in [-0.25, -0.2) is 0 Å². The molecule has 0 spiro atoms. The largest absolute Gasteiger partial charge is 0.417 e. The molecule has 444 valence electrons. The fraction of sp³-hybridized carbons (Fsp3) is 0.222. The summed E-state index contributed by atoms with van der Waals surface area (Å²) in [5.74, 6) is 0. The van der Waals surface area contributed by atoms with Gasteiger partial charge in [-0.05, 0) is 201 Å². The lowest BCUT2D eigenvalue weighted by atomic mass is 9.82. The Labute approximate surface area is 447 Å². The molecule has 0 radical (unpaired) electrons. The molecule has 0 unspecified atom stereocenters. The predicted octanol–water partition coefficient (Wildman–Crippen LogP) is 20.9. The normalized spacial score (nSPS) is 13.5. The Morgan fingerprint density at radius 2 is 0.410 bits per heavy atom. The molecule has 0 fully saturated rings. The molecule has 2 nitrogen and oxygen atoms in total. The second-order valence-corrected chi connectivity index (χ2v) is 18.7. The molecule has 7 aromatic rings. The summed E-state index contributed by atoms with van der Waals surface area (Å²) in [4.78, 5) is 0. The van der Waals surface area contributed by atoms with E-state index >= 15 is 65.9 Å². The van der Waals surface area contributed by atoms with Gasteiger partial charge in [-0.3, -0.25) is 0 Å². The van der Waals surface area contributed by atoms with Crippen LogP contribution >= 0.6 is 0 Å². The molecule has 0 aliphatic rings. The van der Waals surface area contributed by atoms with Crippen LogP contribution in [-0.4, -0.2) is 0 Å². The van der Waals surface area contributed by atoms with Crippen molar-refractivity contribution in [2.75, 3.05) is 11.5 Å². The number of hydrogen-bond donors (Lipinski definition) is 2. The minimum absolute atomic E-state index is 0.000872. The SMILES string of the molecule is Cc1cc(C(F)(F)F)c(-c2cc(-c3cc(-c4cc(-c5cc(-c6cc(N)cc(C(F)(F)F)c6)c(C(F)(F)F)cc5C)c(C(F)(F)F)cc4C(F)(F)F)c(C(F)(F)F)cc3C)c(C(F)(F)F)cc2C(F)(F)F)cc1-c1cc(N)cc(C(F)(F)F)c1. The van der Waals surface area contributed by atoms with Crippen molar-refractivity contribution in [2.24, 2.45) is 0 Å². The fourth-order valence-electron chi connectivity index (χ4n) is 9.37. The molecule has 0 aliphatic heterocycles. The summed E-state index contributed by atoms with van der Waals surface area (Å²) in [6.07, 6.45) is -52.8. The van der Waals surface area contributed by atoms with Gasteiger partial charge < -0.3 is 11.5 Å². The van der Waals surface area contributed by atoms with Crippen LogP contribution in [0.2, 0.25) is 0 Å². The van der Waals surface area contributed by atoms with E-state index in [0.29, 0.717) is 32.0 Å². The van der Waals surface area contributed by atoms with E-state index in [0.717, 1.165) is 6.92 Å². The van der Waals surface area contributed by atoms with Crippen molar-refractivity contribution < 1.29 is 119 Å². The van der Waals surface area contributed by atoms with Crippen LogP contribution in [0.5, 0.6) is 0 Å². The lowest BCUT2D eigenvalue weighted by Crippen LogP contribution is -2.17. The van der Waals surface area contributed by atoms with Crippen molar-refractivity contribution in [1.29, 1.82) is 0 Å². The van der Waals surface area contributed by atoms with Crippen LogP contribution < -0.4 is 11.5 Å². The third kappa shape index (κ3) is 12.8. The maximum atomic E-state index is 15.3. The number of halogens is 27. The van der Waals surface area contributed by atoms with Gasteiger partial charge in [0.1, 0.15) is 0 Å². The van der Waals surface area contributed by atoms with Crippen LogP contribution in [0.4, 0.5) is 130 Å². The zero-order valence-electron chi connectivity index (χ0n) is 41.1. The third-order valence-electron chi connectivity index (χ3n) is 12.9. The van der Waals surface area contributed by atoms with Crippen molar-refractivity contribution in [3.8, 4) is 66.8 Å². The van der Waals surface area contributed by atoms with Gasteiger partial charge in [0.05, 0.1) is 50.1 Å². The van der Waals surface area contributed by atoms with Crippen LogP contribution in [0.1, 0.15) is 66.8 Å². The topological polar surface area (TPSA) is 52.0 Å². The molecule has 0 saturated heterocycles. The Kier molecular flexibility index (Phi) is 15.3. The lowest BCUT2D eigenvalue weighted by Gasteiger charge is -2.26. The average molecular weight is 1220 g/mol. The highest BCUT2D eigenvalue weighted by molar-refractivity contribution is 5.90. The van der Waals surface area contributed by atoms with Crippen molar-refractivity contribution in [3.05, 3.63) is 164 Å². The second kappa shape index (κ2) is 20.3. The Hall–Kier alpha value is -7.75. The second-order valence-electron chi connectivity index (χ2n) is 18.7. The molecule has 0 aromatic heterocycles. The third-order valence-corrected chi connectivity index (χ3v) is 12.9. The van der Waals surface area contributed by atoms with E-state index in [1.165, 1.54) is 0 Å². The first-order chi connectivity index (χ1) is 37.4. The number of aryl methyl sites for hydroxylation is 3. The summed E-state index contributed by atoms with van der Waals surface area (Å²) < 4.78 is 400. The molecule has 7 aromatic carbocycles. The molecule has 83 heavy (non-hydrogen) atoms. The molecule has 0 amide bonds. The zero-order chi connectivity index (χ0) is 62.8. The van der Waals surface area contributed by atoms with Gasteiger partial charge in [0.15, 0.2) is 0 Å². The van der Waals surface area contributed by atoms with Crippen molar-refractivity contribution in [1.82, 2.24) is 0 Å². The summed E-state index contributed by atoms with van der Waals surface area (Å²) >= 11 is 0. The van der Waals surface area contributed by atoms with Crippen LogP contribution in [-0.2, 0) is 55.6 Å². The highest BCUT2D eigenvalue weighted by atomic mass is 19.4. The lowest BCUT2D eigenvalue weighted by molar-refractivity contribution is -0.144. The number of hydrogen-bond acceptors (Lipinski definition) is 2. The monoisotopic (exact) mass is 1220 g/mol. The molecule has 29 heteroatoms. The van der Waals surface area contributed by atoms with Crippen molar-refractivity contribution in [3.63, 3.8) is 0 Å².